The van der Waals surface area contributed by atoms with E-state index in [9.17, 15) is 4.79 Å². The van der Waals surface area contributed by atoms with Crippen molar-refractivity contribution in [2.45, 2.75) is 52.5 Å². The van der Waals surface area contributed by atoms with Crippen LogP contribution in [0.5, 0.6) is 0 Å². The maximum atomic E-state index is 12.1. The van der Waals surface area contributed by atoms with E-state index in [1.54, 1.807) is 0 Å². The Labute approximate surface area is 117 Å². The summed E-state index contributed by atoms with van der Waals surface area (Å²) >= 11 is 0. The van der Waals surface area contributed by atoms with Gasteiger partial charge in [-0.25, -0.2) is 0 Å². The van der Waals surface area contributed by atoms with Gasteiger partial charge in [-0.2, -0.15) is 0 Å². The van der Waals surface area contributed by atoms with Crippen LogP contribution in [0.3, 0.4) is 0 Å². The highest BCUT2D eigenvalue weighted by Gasteiger charge is 2.22. The Kier molecular flexibility index (Phi) is 6.27. The van der Waals surface area contributed by atoms with Crippen molar-refractivity contribution >= 4 is 5.91 Å². The number of carbonyl (C=O) groups is 1. The van der Waals surface area contributed by atoms with Crippen LogP contribution >= 0.6 is 0 Å². The Bertz CT molecular complexity index is 280. The monoisotopic (exact) mass is 270 g/mol. The molecule has 0 aliphatic carbocycles. The molecule has 1 fully saturated rings. The van der Waals surface area contributed by atoms with E-state index in [2.05, 4.69) is 20.8 Å². The van der Waals surface area contributed by atoms with Crippen LogP contribution in [0, 0.1) is 11.3 Å². The lowest BCUT2D eigenvalue weighted by molar-refractivity contribution is -0.131. The summed E-state index contributed by atoms with van der Waals surface area (Å²) in [7, 11) is 1.88. The van der Waals surface area contributed by atoms with Crippen molar-refractivity contribution in [1.29, 1.82) is 0 Å². The summed E-state index contributed by atoms with van der Waals surface area (Å²) in [6, 6.07) is -0.0439. The van der Waals surface area contributed by atoms with Gasteiger partial charge in [0.25, 0.3) is 0 Å². The summed E-state index contributed by atoms with van der Waals surface area (Å²) in [4.78, 5) is 13.9. The van der Waals surface area contributed by atoms with E-state index in [4.69, 9.17) is 10.5 Å². The third-order valence-corrected chi connectivity index (χ3v) is 3.52. The number of carbonyl (C=O) groups excluding carboxylic acids is 1. The standard InChI is InChI=1S/C15H30N2O2/c1-15(2,3)9-13(16)8-14(18)17(4)10-12-6-5-7-19-11-12/h12-13H,5-11,16H2,1-4H3. The van der Waals surface area contributed by atoms with Crippen molar-refractivity contribution < 1.29 is 9.53 Å². The molecule has 2 N–H and O–H groups in total. The smallest absolute Gasteiger partial charge is 0.223 e. The molecular formula is C15H30N2O2. The number of hydrogen-bond donors (Lipinski definition) is 1. The van der Waals surface area contributed by atoms with Crippen molar-refractivity contribution in [3.63, 3.8) is 0 Å². The van der Waals surface area contributed by atoms with Gasteiger partial charge in [0, 0.05) is 32.7 Å². The van der Waals surface area contributed by atoms with Crippen LogP contribution < -0.4 is 5.73 Å². The van der Waals surface area contributed by atoms with E-state index in [0.29, 0.717) is 12.3 Å². The second-order valence-corrected chi connectivity index (χ2v) is 7.09. The van der Waals surface area contributed by atoms with Crippen LogP contribution in [0.15, 0.2) is 0 Å². The number of ether oxygens (including phenoxy) is 1. The highest BCUT2D eigenvalue weighted by molar-refractivity contribution is 5.76. The lowest BCUT2D eigenvalue weighted by Crippen LogP contribution is -2.39. The first kappa shape index (κ1) is 16.4. The summed E-state index contributed by atoms with van der Waals surface area (Å²) in [5.41, 5.74) is 6.24. The van der Waals surface area contributed by atoms with Gasteiger partial charge in [-0.3, -0.25) is 4.79 Å². The average molecular weight is 270 g/mol. The minimum absolute atomic E-state index is 0.0439. The molecule has 112 valence electrons. The van der Waals surface area contributed by atoms with E-state index < -0.39 is 0 Å². The fourth-order valence-corrected chi connectivity index (χ4v) is 2.68. The number of nitrogens with zero attached hydrogens (tertiary/aromatic N) is 1. The number of amides is 1. The zero-order valence-corrected chi connectivity index (χ0v) is 12.9. The second kappa shape index (κ2) is 7.25. The van der Waals surface area contributed by atoms with Gasteiger partial charge in [0.2, 0.25) is 5.91 Å². The lowest BCUT2D eigenvalue weighted by atomic mass is 9.87. The molecule has 0 saturated carbocycles. The quantitative estimate of drug-likeness (QED) is 0.831. The predicted octanol–water partition coefficient (Wildman–Crippen LogP) is 2.02. The van der Waals surface area contributed by atoms with Crippen LogP contribution in [0.25, 0.3) is 0 Å². The molecule has 0 bridgehead atoms. The van der Waals surface area contributed by atoms with Crippen molar-refractivity contribution in [3.8, 4) is 0 Å². The van der Waals surface area contributed by atoms with Crippen LogP contribution in [-0.4, -0.2) is 43.7 Å². The van der Waals surface area contributed by atoms with Gasteiger partial charge in [-0.15, -0.1) is 0 Å². The second-order valence-electron chi connectivity index (χ2n) is 7.09. The van der Waals surface area contributed by atoms with Gasteiger partial charge in [0.05, 0.1) is 6.61 Å². The molecule has 0 aromatic rings. The molecule has 1 aliphatic rings. The predicted molar refractivity (Wildman–Crippen MR) is 77.8 cm³/mol. The Hall–Kier alpha value is -0.610. The van der Waals surface area contributed by atoms with E-state index in [1.165, 1.54) is 0 Å². The third kappa shape index (κ3) is 6.92. The fraction of sp³-hybridized carbons (Fsp3) is 0.933. The molecule has 1 saturated heterocycles. The Morgan fingerprint density at radius 2 is 2.16 bits per heavy atom. The zero-order chi connectivity index (χ0) is 14.5. The molecule has 4 nitrogen and oxygen atoms in total. The summed E-state index contributed by atoms with van der Waals surface area (Å²) in [6.07, 6.45) is 3.59. The SMILES string of the molecule is CN(CC1CCCOC1)C(=O)CC(N)CC(C)(C)C. The average Bonchev–Trinajstić information content (AvgIpc) is 2.27. The van der Waals surface area contributed by atoms with E-state index in [-0.39, 0.29) is 17.4 Å². The van der Waals surface area contributed by atoms with Gasteiger partial charge in [0.15, 0.2) is 0 Å². The molecule has 19 heavy (non-hydrogen) atoms. The largest absolute Gasteiger partial charge is 0.381 e. The van der Waals surface area contributed by atoms with Crippen LogP contribution in [0.1, 0.15) is 46.5 Å². The molecule has 2 atom stereocenters. The molecule has 0 spiro atoms. The number of nitrogens with two attached hydrogens (primary N) is 1. The molecule has 0 aromatic carbocycles. The molecule has 2 unspecified atom stereocenters. The Morgan fingerprint density at radius 3 is 2.68 bits per heavy atom. The van der Waals surface area contributed by atoms with Crippen molar-refractivity contribution in [1.82, 2.24) is 4.90 Å². The maximum absolute atomic E-state index is 12.1. The summed E-state index contributed by atoms with van der Waals surface area (Å²) < 4.78 is 5.45. The van der Waals surface area contributed by atoms with Crippen LogP contribution in [0.2, 0.25) is 0 Å². The number of hydrogen-bond acceptors (Lipinski definition) is 3. The molecule has 0 radical (unpaired) electrons. The topological polar surface area (TPSA) is 55.6 Å². The van der Waals surface area contributed by atoms with Crippen LogP contribution in [-0.2, 0) is 9.53 Å². The minimum Gasteiger partial charge on any atom is -0.381 e. The Morgan fingerprint density at radius 1 is 1.47 bits per heavy atom. The van der Waals surface area contributed by atoms with Crippen molar-refractivity contribution in [3.05, 3.63) is 0 Å². The van der Waals surface area contributed by atoms with Gasteiger partial charge in [-0.05, 0) is 30.6 Å². The third-order valence-electron chi connectivity index (χ3n) is 3.52. The maximum Gasteiger partial charge on any atom is 0.223 e. The van der Waals surface area contributed by atoms with E-state index >= 15 is 0 Å². The van der Waals surface area contributed by atoms with Gasteiger partial charge >= 0.3 is 0 Å². The summed E-state index contributed by atoms with van der Waals surface area (Å²) in [5.74, 6) is 0.642. The minimum atomic E-state index is -0.0439. The molecule has 1 aliphatic heterocycles. The molecule has 4 heteroatoms. The van der Waals surface area contributed by atoms with Crippen LogP contribution in [0.4, 0.5) is 0 Å². The molecule has 0 aromatic heterocycles. The molecule has 1 heterocycles. The van der Waals surface area contributed by atoms with E-state index in [0.717, 1.165) is 39.0 Å². The van der Waals surface area contributed by atoms with Gasteiger partial charge < -0.3 is 15.4 Å². The van der Waals surface area contributed by atoms with Crippen molar-refractivity contribution in [2.75, 3.05) is 26.8 Å². The molecular weight excluding hydrogens is 240 g/mol. The van der Waals surface area contributed by atoms with Gasteiger partial charge in [0.1, 0.15) is 0 Å². The number of rotatable bonds is 5. The summed E-state index contributed by atoms with van der Waals surface area (Å²) in [6.45, 7) is 8.90. The zero-order valence-electron chi connectivity index (χ0n) is 12.9. The molecule has 1 rings (SSSR count). The normalized spacial score (nSPS) is 22.1. The first-order chi connectivity index (χ1) is 8.78. The first-order valence-electron chi connectivity index (χ1n) is 7.35. The summed E-state index contributed by atoms with van der Waals surface area (Å²) in [5, 5.41) is 0. The van der Waals surface area contributed by atoms with Crippen molar-refractivity contribution in [2.24, 2.45) is 17.1 Å². The fourth-order valence-electron chi connectivity index (χ4n) is 2.68. The van der Waals surface area contributed by atoms with Gasteiger partial charge in [-0.1, -0.05) is 20.8 Å². The Balaban J connectivity index is 2.31. The highest BCUT2D eigenvalue weighted by atomic mass is 16.5. The molecule has 1 amide bonds. The first-order valence-corrected chi connectivity index (χ1v) is 7.35. The van der Waals surface area contributed by atoms with E-state index in [1.807, 2.05) is 11.9 Å². The lowest BCUT2D eigenvalue weighted by Gasteiger charge is -2.29. The highest BCUT2D eigenvalue weighted by Crippen LogP contribution is 2.21.